The summed E-state index contributed by atoms with van der Waals surface area (Å²) in [5, 5.41) is 5.38. The molecule has 1 aromatic rings. The number of aromatic nitrogens is 3. The largest absolute Gasteiger partial charge is 0.341 e. The molecule has 1 heterocycles. The van der Waals surface area contributed by atoms with Gasteiger partial charge < -0.3 is 0 Å². The Labute approximate surface area is 72.4 Å². The first-order chi connectivity index (χ1) is 6.24. The number of hydroxylamine groups is 1. The maximum atomic E-state index is 11.0. The van der Waals surface area contributed by atoms with Gasteiger partial charge in [0, 0.05) is 0 Å². The second kappa shape index (κ2) is 4.08. The zero-order valence-electron chi connectivity index (χ0n) is 6.46. The Kier molecular flexibility index (Phi) is 2.83. The van der Waals surface area contributed by atoms with E-state index in [1.54, 1.807) is 0 Å². The molecule has 0 saturated heterocycles. The van der Waals surface area contributed by atoms with Crippen molar-refractivity contribution in [1.82, 2.24) is 20.7 Å². The zero-order chi connectivity index (χ0) is 9.68. The van der Waals surface area contributed by atoms with E-state index in [0.29, 0.717) is 0 Å². The average Bonchev–Trinajstić information content (AvgIpc) is 2.52. The molecule has 0 unspecified atom stereocenters. The van der Waals surface area contributed by atoms with Crippen LogP contribution >= 0.6 is 0 Å². The van der Waals surface area contributed by atoms with Crippen LogP contribution in [0.1, 0.15) is 10.6 Å². The number of hydrogen-bond acceptors (Lipinski definition) is 4. The lowest BCUT2D eigenvalue weighted by Gasteiger charge is -1.98. The lowest BCUT2D eigenvalue weighted by atomic mass is 10.6. The number of amides is 1. The highest BCUT2D eigenvalue weighted by atomic mass is 16.6. The summed E-state index contributed by atoms with van der Waals surface area (Å²) in [5.74, 6) is 1.31. The predicted molar refractivity (Wildman–Crippen MR) is 41.5 cm³/mol. The van der Waals surface area contributed by atoms with E-state index in [2.05, 4.69) is 20.8 Å². The van der Waals surface area contributed by atoms with E-state index < -0.39 is 11.6 Å². The number of H-pyrrole nitrogens is 2. The van der Waals surface area contributed by atoms with Crippen LogP contribution in [0.5, 0.6) is 0 Å². The monoisotopic (exact) mass is 182 g/mol. The van der Waals surface area contributed by atoms with Gasteiger partial charge in [0.2, 0.25) is 5.82 Å². The Bertz CT molecular complexity index is 385. The first-order valence-corrected chi connectivity index (χ1v) is 3.24. The molecular formula is C6H6N4O3. The number of carbonyl (C=O) groups excluding carboxylic acids is 1. The number of terminal acetylenes is 1. The van der Waals surface area contributed by atoms with Crippen molar-refractivity contribution in [3.63, 3.8) is 0 Å². The molecule has 0 aliphatic carbocycles. The first kappa shape index (κ1) is 9.02. The lowest BCUT2D eigenvalue weighted by Crippen LogP contribution is -2.25. The predicted octanol–water partition coefficient (Wildman–Crippen LogP) is -1.61. The third-order valence-electron chi connectivity index (χ3n) is 1.04. The highest BCUT2D eigenvalue weighted by Gasteiger charge is 2.08. The molecule has 1 rings (SSSR count). The molecule has 7 heteroatoms. The van der Waals surface area contributed by atoms with Gasteiger partial charge in [-0.3, -0.25) is 14.6 Å². The van der Waals surface area contributed by atoms with Crippen molar-refractivity contribution < 1.29 is 9.63 Å². The highest BCUT2D eigenvalue weighted by molar-refractivity contribution is 5.89. The summed E-state index contributed by atoms with van der Waals surface area (Å²) in [4.78, 5) is 28.1. The van der Waals surface area contributed by atoms with Gasteiger partial charge in [0.1, 0.15) is 6.61 Å². The van der Waals surface area contributed by atoms with Gasteiger partial charge in [0.15, 0.2) is 0 Å². The van der Waals surface area contributed by atoms with Gasteiger partial charge in [-0.05, 0) is 0 Å². The molecule has 68 valence electrons. The summed E-state index contributed by atoms with van der Waals surface area (Å²) in [7, 11) is 0. The van der Waals surface area contributed by atoms with Gasteiger partial charge in [0.05, 0.1) is 0 Å². The number of nitrogens with one attached hydrogen (secondary N) is 3. The van der Waals surface area contributed by atoms with Gasteiger partial charge >= 0.3 is 11.6 Å². The molecule has 1 aromatic heterocycles. The van der Waals surface area contributed by atoms with E-state index >= 15 is 0 Å². The molecule has 0 aliphatic heterocycles. The Morgan fingerprint density at radius 3 is 3.08 bits per heavy atom. The Hall–Kier alpha value is -2.07. The normalized spacial score (nSPS) is 9.15. The molecular weight excluding hydrogens is 176 g/mol. The molecule has 0 aliphatic rings. The fourth-order valence-corrected chi connectivity index (χ4v) is 0.569. The molecule has 3 N–H and O–H groups in total. The van der Waals surface area contributed by atoms with Gasteiger partial charge in [-0.1, -0.05) is 5.92 Å². The Balaban J connectivity index is 2.50. The number of rotatable bonds is 3. The molecule has 0 atom stereocenters. The Morgan fingerprint density at radius 1 is 1.77 bits per heavy atom. The summed E-state index contributed by atoms with van der Waals surface area (Å²) >= 11 is 0. The van der Waals surface area contributed by atoms with Gasteiger partial charge in [-0.15, -0.1) is 11.5 Å². The number of nitrogens with zero attached hydrogens (tertiary/aromatic N) is 1. The van der Waals surface area contributed by atoms with Crippen LogP contribution in [0.2, 0.25) is 0 Å². The zero-order valence-corrected chi connectivity index (χ0v) is 6.46. The van der Waals surface area contributed by atoms with Crippen LogP contribution in [0.4, 0.5) is 0 Å². The minimum Gasteiger partial charge on any atom is -0.285 e. The molecule has 13 heavy (non-hydrogen) atoms. The topological polar surface area (TPSA) is 99.9 Å². The summed E-state index contributed by atoms with van der Waals surface area (Å²) in [5.41, 5.74) is 1.41. The van der Waals surface area contributed by atoms with Crippen LogP contribution < -0.4 is 11.2 Å². The van der Waals surface area contributed by atoms with E-state index in [-0.39, 0.29) is 12.4 Å². The second-order valence-electron chi connectivity index (χ2n) is 1.95. The molecule has 0 spiro atoms. The molecule has 0 aromatic carbocycles. The van der Waals surface area contributed by atoms with Crippen molar-refractivity contribution in [2.45, 2.75) is 0 Å². The van der Waals surface area contributed by atoms with Crippen LogP contribution in [0, 0.1) is 12.3 Å². The minimum atomic E-state index is -0.673. The van der Waals surface area contributed by atoms with E-state index in [0.717, 1.165) is 0 Å². The summed E-state index contributed by atoms with van der Waals surface area (Å²) in [6.07, 6.45) is 4.85. The molecule has 1 amide bonds. The van der Waals surface area contributed by atoms with Gasteiger partial charge in [0.25, 0.3) is 0 Å². The van der Waals surface area contributed by atoms with Crippen molar-refractivity contribution in [2.75, 3.05) is 6.61 Å². The first-order valence-electron chi connectivity index (χ1n) is 3.24. The quantitative estimate of drug-likeness (QED) is 0.297. The van der Waals surface area contributed by atoms with Gasteiger partial charge in [-0.2, -0.15) is 0 Å². The summed E-state index contributed by atoms with van der Waals surface area (Å²) in [6, 6.07) is 0. The van der Waals surface area contributed by atoms with Gasteiger partial charge in [-0.25, -0.2) is 15.4 Å². The van der Waals surface area contributed by atoms with E-state index in [1.807, 2.05) is 10.6 Å². The molecule has 7 nitrogen and oxygen atoms in total. The van der Waals surface area contributed by atoms with E-state index in [1.165, 1.54) is 0 Å². The summed E-state index contributed by atoms with van der Waals surface area (Å²) < 4.78 is 0. The average molecular weight is 182 g/mol. The van der Waals surface area contributed by atoms with Crippen LogP contribution in [-0.2, 0) is 4.84 Å². The SMILES string of the molecule is C#CCONC(=O)c1n[nH]c(=O)[nH]1. The maximum absolute atomic E-state index is 11.0. The fraction of sp³-hybridized carbons (Fsp3) is 0.167. The standard InChI is InChI=1S/C6H6N4O3/c1-2-3-13-10-5(11)4-7-6(12)9-8-4/h1H,3H2,(H,10,11)(H2,7,8,9,12). The van der Waals surface area contributed by atoms with Crippen LogP contribution in [-0.4, -0.2) is 27.7 Å². The van der Waals surface area contributed by atoms with Crippen molar-refractivity contribution in [2.24, 2.45) is 0 Å². The van der Waals surface area contributed by atoms with Crippen molar-refractivity contribution in [3.8, 4) is 12.3 Å². The number of carbonyl (C=O) groups is 1. The maximum Gasteiger partial charge on any atom is 0.341 e. The molecule has 0 fully saturated rings. The third kappa shape index (κ3) is 2.46. The molecule has 0 radical (unpaired) electrons. The van der Waals surface area contributed by atoms with Crippen molar-refractivity contribution in [3.05, 3.63) is 16.3 Å². The van der Waals surface area contributed by atoms with Crippen LogP contribution in [0.15, 0.2) is 4.79 Å². The fourth-order valence-electron chi connectivity index (χ4n) is 0.569. The van der Waals surface area contributed by atoms with Crippen molar-refractivity contribution >= 4 is 5.91 Å². The van der Waals surface area contributed by atoms with Crippen LogP contribution in [0.3, 0.4) is 0 Å². The third-order valence-corrected chi connectivity index (χ3v) is 1.04. The smallest absolute Gasteiger partial charge is 0.285 e. The number of hydrogen-bond donors (Lipinski definition) is 3. The van der Waals surface area contributed by atoms with Crippen molar-refractivity contribution in [1.29, 1.82) is 0 Å². The lowest BCUT2D eigenvalue weighted by molar-refractivity contribution is 0.0428. The Morgan fingerprint density at radius 2 is 2.54 bits per heavy atom. The van der Waals surface area contributed by atoms with E-state index in [4.69, 9.17) is 6.42 Å². The molecule has 0 saturated carbocycles. The number of aromatic amines is 2. The van der Waals surface area contributed by atoms with Crippen LogP contribution in [0.25, 0.3) is 0 Å². The molecule has 0 bridgehead atoms. The van der Waals surface area contributed by atoms with E-state index in [9.17, 15) is 9.59 Å². The minimum absolute atomic E-state index is 0.0552. The highest BCUT2D eigenvalue weighted by Crippen LogP contribution is 1.81. The second-order valence-corrected chi connectivity index (χ2v) is 1.95. The summed E-state index contributed by atoms with van der Waals surface area (Å²) in [6.45, 7) is -0.0552.